The number of Topliss-reactive ketones (excluding diaryl/α,β-unsaturated/α-hetero) is 1. The van der Waals surface area contributed by atoms with E-state index < -0.39 is 11.7 Å². The molecule has 3 aromatic rings. The molecule has 142 valence electrons. The number of para-hydroxylation sites is 1. The first-order valence-corrected chi connectivity index (χ1v) is 11.0. The van der Waals surface area contributed by atoms with Gasteiger partial charge >= 0.3 is 5.91 Å². The van der Waals surface area contributed by atoms with Gasteiger partial charge in [-0.3, -0.25) is 19.4 Å². The summed E-state index contributed by atoms with van der Waals surface area (Å²) < 4.78 is 1.92. The molecule has 2 aliphatic heterocycles. The van der Waals surface area contributed by atoms with Gasteiger partial charge in [0.15, 0.2) is 0 Å². The number of fused-ring (bicyclic) bond motifs is 2. The van der Waals surface area contributed by atoms with E-state index in [9.17, 15) is 9.59 Å². The van der Waals surface area contributed by atoms with Gasteiger partial charge in [0.05, 0.1) is 33.1 Å². The number of carbonyl (C=O) groups excluding carboxylic acids is 2. The second-order valence-electron chi connectivity index (χ2n) is 7.25. The number of hydrogen-bond donors (Lipinski definition) is 0. The van der Waals surface area contributed by atoms with Crippen LogP contribution >= 0.6 is 27.3 Å². The molecule has 0 aliphatic carbocycles. The normalized spacial score (nSPS) is 18.2. The molecule has 2 aromatic carbocycles. The third-order valence-electron chi connectivity index (χ3n) is 5.54. The number of halogens is 1. The van der Waals surface area contributed by atoms with Crippen molar-refractivity contribution in [1.82, 2.24) is 9.88 Å². The fraction of sp³-hybridized carbons (Fsp3) is 0.286. The molecule has 0 radical (unpaired) electrons. The molecule has 3 heterocycles. The first kappa shape index (κ1) is 18.0. The minimum atomic E-state index is -0.435. The summed E-state index contributed by atoms with van der Waals surface area (Å²) in [4.78, 5) is 33.5. The minimum absolute atomic E-state index is 0.424. The molecule has 0 spiro atoms. The van der Waals surface area contributed by atoms with Crippen LogP contribution in [0.5, 0.6) is 0 Å². The second kappa shape index (κ2) is 7.06. The standard InChI is InChI=1S/C21H18BrN3O2S/c22-14-4-3-6-16-18(14)19(26)21(27)25(16)12-24-10-8-13(9-11-24)20-23-15-5-1-2-7-17(15)28-20/h1-7,13H,8-12H2. The number of aromatic nitrogens is 1. The number of thiazole rings is 1. The van der Waals surface area contributed by atoms with Crippen LogP contribution in [0.2, 0.25) is 0 Å². The van der Waals surface area contributed by atoms with Crippen LogP contribution in [0, 0.1) is 0 Å². The van der Waals surface area contributed by atoms with Crippen LogP contribution in [0.25, 0.3) is 10.2 Å². The van der Waals surface area contributed by atoms with E-state index in [2.05, 4.69) is 39.0 Å². The van der Waals surface area contributed by atoms with Gasteiger partial charge in [-0.2, -0.15) is 0 Å². The molecule has 1 saturated heterocycles. The zero-order valence-electron chi connectivity index (χ0n) is 15.1. The maximum atomic E-state index is 12.5. The Morgan fingerprint density at radius 3 is 2.64 bits per heavy atom. The van der Waals surface area contributed by atoms with E-state index in [1.165, 1.54) is 9.71 Å². The lowest BCUT2D eigenvalue weighted by atomic mass is 9.98. The van der Waals surface area contributed by atoms with E-state index in [1.54, 1.807) is 22.3 Å². The molecule has 2 aliphatic rings. The molecular formula is C21H18BrN3O2S. The summed E-state index contributed by atoms with van der Waals surface area (Å²) in [5.74, 6) is -0.395. The molecule has 28 heavy (non-hydrogen) atoms. The molecule has 1 fully saturated rings. The van der Waals surface area contributed by atoms with Crippen molar-refractivity contribution >= 4 is 54.9 Å². The summed E-state index contributed by atoms with van der Waals surface area (Å²) in [7, 11) is 0. The van der Waals surface area contributed by atoms with Crippen LogP contribution in [-0.4, -0.2) is 41.3 Å². The van der Waals surface area contributed by atoms with Gasteiger partial charge in [0.2, 0.25) is 0 Å². The number of ketones is 1. The molecular weight excluding hydrogens is 438 g/mol. The third-order valence-corrected chi connectivity index (χ3v) is 7.40. The molecule has 0 bridgehead atoms. The van der Waals surface area contributed by atoms with Crippen molar-refractivity contribution in [3.05, 3.63) is 57.5 Å². The summed E-state index contributed by atoms with van der Waals surface area (Å²) in [6, 6.07) is 13.8. The van der Waals surface area contributed by atoms with Crippen LogP contribution in [0.4, 0.5) is 5.69 Å². The number of hydrogen-bond acceptors (Lipinski definition) is 5. The topological polar surface area (TPSA) is 53.5 Å². The van der Waals surface area contributed by atoms with E-state index in [0.29, 0.717) is 28.3 Å². The Hall–Kier alpha value is -2.09. The smallest absolute Gasteiger partial charge is 0.291 e. The summed E-state index contributed by atoms with van der Waals surface area (Å²) >= 11 is 5.18. The van der Waals surface area contributed by atoms with Gasteiger partial charge < -0.3 is 0 Å². The van der Waals surface area contributed by atoms with Crippen molar-refractivity contribution in [2.24, 2.45) is 0 Å². The van der Waals surface area contributed by atoms with Crippen LogP contribution in [-0.2, 0) is 4.79 Å². The molecule has 0 saturated carbocycles. The van der Waals surface area contributed by atoms with Crippen LogP contribution in [0.3, 0.4) is 0 Å². The SMILES string of the molecule is O=C1C(=O)N(CN2CCC(c3nc4ccccc4s3)CC2)c2cccc(Br)c21. The summed E-state index contributed by atoms with van der Waals surface area (Å²) in [5.41, 5.74) is 2.27. The number of amides is 1. The highest BCUT2D eigenvalue weighted by atomic mass is 79.9. The van der Waals surface area contributed by atoms with Gasteiger partial charge in [-0.05, 0) is 53.0 Å². The fourth-order valence-electron chi connectivity index (χ4n) is 4.03. The largest absolute Gasteiger partial charge is 0.300 e. The average molecular weight is 456 g/mol. The minimum Gasteiger partial charge on any atom is -0.291 e. The first-order valence-electron chi connectivity index (χ1n) is 9.34. The molecule has 5 rings (SSSR count). The van der Waals surface area contributed by atoms with Gasteiger partial charge in [-0.15, -0.1) is 11.3 Å². The monoisotopic (exact) mass is 455 g/mol. The highest BCUT2D eigenvalue weighted by Crippen LogP contribution is 2.36. The van der Waals surface area contributed by atoms with Gasteiger partial charge in [0.1, 0.15) is 0 Å². The van der Waals surface area contributed by atoms with Crippen molar-refractivity contribution in [3.8, 4) is 0 Å². The lowest BCUT2D eigenvalue weighted by Crippen LogP contribution is -2.44. The maximum absolute atomic E-state index is 12.5. The Morgan fingerprint density at radius 2 is 1.86 bits per heavy atom. The van der Waals surface area contributed by atoms with Gasteiger partial charge in [0, 0.05) is 23.5 Å². The Bertz CT molecular complexity index is 1060. The van der Waals surface area contributed by atoms with Crippen LogP contribution in [0.15, 0.2) is 46.9 Å². The Balaban J connectivity index is 1.28. The predicted molar refractivity (Wildman–Crippen MR) is 114 cm³/mol. The number of likely N-dealkylation sites (tertiary alicyclic amines) is 1. The van der Waals surface area contributed by atoms with Gasteiger partial charge in [-0.25, -0.2) is 4.98 Å². The van der Waals surface area contributed by atoms with Crippen molar-refractivity contribution < 1.29 is 9.59 Å². The number of nitrogens with zero attached hydrogens (tertiary/aromatic N) is 3. The molecule has 5 nitrogen and oxygen atoms in total. The molecule has 1 amide bonds. The Kier molecular flexibility index (Phi) is 4.53. The molecule has 0 N–H and O–H groups in total. The first-order chi connectivity index (χ1) is 13.6. The van der Waals surface area contributed by atoms with E-state index >= 15 is 0 Å². The summed E-state index contributed by atoms with van der Waals surface area (Å²) in [5, 5.41) is 1.21. The summed E-state index contributed by atoms with van der Waals surface area (Å²) in [6.45, 7) is 2.24. The number of carbonyl (C=O) groups is 2. The molecule has 7 heteroatoms. The van der Waals surface area contributed by atoms with Crippen molar-refractivity contribution in [1.29, 1.82) is 0 Å². The Morgan fingerprint density at radius 1 is 1.07 bits per heavy atom. The highest BCUT2D eigenvalue weighted by Gasteiger charge is 2.38. The molecule has 0 unspecified atom stereocenters. The van der Waals surface area contributed by atoms with Crippen molar-refractivity contribution in [3.63, 3.8) is 0 Å². The number of benzene rings is 2. The maximum Gasteiger partial charge on any atom is 0.300 e. The zero-order valence-corrected chi connectivity index (χ0v) is 17.5. The van der Waals surface area contributed by atoms with E-state index in [0.717, 1.165) is 31.4 Å². The van der Waals surface area contributed by atoms with Gasteiger partial charge in [-0.1, -0.05) is 18.2 Å². The zero-order chi connectivity index (χ0) is 19.3. The van der Waals surface area contributed by atoms with E-state index in [1.807, 2.05) is 18.2 Å². The second-order valence-corrected chi connectivity index (χ2v) is 9.17. The average Bonchev–Trinajstić information content (AvgIpc) is 3.24. The van der Waals surface area contributed by atoms with Crippen molar-refractivity contribution in [2.75, 3.05) is 24.7 Å². The van der Waals surface area contributed by atoms with Crippen molar-refractivity contribution in [2.45, 2.75) is 18.8 Å². The highest BCUT2D eigenvalue weighted by molar-refractivity contribution is 9.10. The fourth-order valence-corrected chi connectivity index (χ4v) is 5.70. The van der Waals surface area contributed by atoms with Crippen LogP contribution < -0.4 is 4.90 Å². The molecule has 1 aromatic heterocycles. The third kappa shape index (κ3) is 2.98. The van der Waals surface area contributed by atoms with Gasteiger partial charge in [0.25, 0.3) is 5.78 Å². The quantitative estimate of drug-likeness (QED) is 0.548. The predicted octanol–water partition coefficient (Wildman–Crippen LogP) is 4.43. The number of rotatable bonds is 3. The lowest BCUT2D eigenvalue weighted by molar-refractivity contribution is -0.114. The van der Waals surface area contributed by atoms with E-state index in [-0.39, 0.29) is 0 Å². The van der Waals surface area contributed by atoms with Crippen LogP contribution in [0.1, 0.15) is 34.1 Å². The molecule has 0 atom stereocenters. The summed E-state index contributed by atoms with van der Waals surface area (Å²) in [6.07, 6.45) is 2.03. The van der Waals surface area contributed by atoms with E-state index in [4.69, 9.17) is 4.98 Å². The number of piperidine rings is 1. The number of anilines is 1. The lowest BCUT2D eigenvalue weighted by Gasteiger charge is -2.33. The Labute approximate surface area is 175 Å².